The molecule has 3 N–H and O–H groups in total. The van der Waals surface area contributed by atoms with Gasteiger partial charge in [0.2, 0.25) is 0 Å². The first-order valence-corrected chi connectivity index (χ1v) is 3.43. The monoisotopic (exact) mass is 156 g/mol. The van der Waals surface area contributed by atoms with Crippen molar-refractivity contribution in [1.82, 2.24) is 5.32 Å². The number of hydrogen-bond acceptors (Lipinski definition) is 3. The highest BCUT2D eigenvalue weighted by Crippen LogP contribution is 1.82. The zero-order valence-corrected chi connectivity index (χ0v) is 6.46. The van der Waals surface area contributed by atoms with Crippen molar-refractivity contribution in [3.05, 3.63) is 12.2 Å². The second-order valence-corrected chi connectivity index (χ2v) is 1.98. The molecule has 2 amide bonds. The molecule has 0 bridgehead atoms. The van der Waals surface area contributed by atoms with Crippen LogP contribution in [0.5, 0.6) is 0 Å². The molecule has 0 saturated heterocycles. The van der Waals surface area contributed by atoms with Gasteiger partial charge in [-0.15, -0.1) is 0 Å². The van der Waals surface area contributed by atoms with Crippen LogP contribution in [0.15, 0.2) is 12.2 Å². The fraction of sp³-hybridized carbons (Fsp3) is 0.429. The number of nitrogens with one attached hydrogen (secondary N) is 1. The number of hydrogen-bond donors (Lipinski definition) is 2. The molecule has 1 aliphatic heterocycles. The van der Waals surface area contributed by atoms with E-state index in [2.05, 4.69) is 6.92 Å². The summed E-state index contributed by atoms with van der Waals surface area (Å²) in [7, 11) is 0. The lowest BCUT2D eigenvalue weighted by Crippen LogP contribution is -2.19. The van der Waals surface area contributed by atoms with E-state index in [1.807, 2.05) is 5.32 Å². The fourth-order valence-electron chi connectivity index (χ4n) is 0.356. The van der Waals surface area contributed by atoms with Gasteiger partial charge in [0.15, 0.2) is 0 Å². The van der Waals surface area contributed by atoms with E-state index in [0.717, 1.165) is 13.0 Å². The highest BCUT2D eigenvalue weighted by Gasteiger charge is 2.06. The molecule has 1 aliphatic rings. The van der Waals surface area contributed by atoms with Crippen molar-refractivity contribution in [3.63, 3.8) is 0 Å². The summed E-state index contributed by atoms with van der Waals surface area (Å²) in [5.41, 5.74) is 5.03. The average molecular weight is 156 g/mol. The van der Waals surface area contributed by atoms with Crippen molar-refractivity contribution < 1.29 is 9.59 Å². The Balaban J connectivity index is 0.000000218. The third kappa shape index (κ3) is 5.29. The number of carbonyl (C=O) groups is 2. The molecule has 4 heteroatoms. The Bertz CT molecular complexity index is 157. The molecule has 0 saturated carbocycles. The molecule has 1 rings (SSSR count). The van der Waals surface area contributed by atoms with E-state index in [0.29, 0.717) is 0 Å². The average Bonchev–Trinajstić information content (AvgIpc) is 2.35. The Hall–Kier alpha value is -1.16. The quantitative estimate of drug-likeness (QED) is 0.505. The summed E-state index contributed by atoms with van der Waals surface area (Å²) in [5.74, 6) is -0.657. The standard InChI is InChI=1S/C4H3NO2.C3H9N/c6-3-1-2-4(7)5-3;1-2-3-4/h1-2H,(H,5,6,7);2-4H2,1H3. The molecule has 0 aromatic carbocycles. The minimum atomic E-state index is -0.329. The highest BCUT2D eigenvalue weighted by molar-refractivity contribution is 6.12. The minimum Gasteiger partial charge on any atom is -0.330 e. The van der Waals surface area contributed by atoms with E-state index in [4.69, 9.17) is 5.73 Å². The molecule has 0 unspecified atom stereocenters. The van der Waals surface area contributed by atoms with Crippen LogP contribution in [0.4, 0.5) is 0 Å². The summed E-state index contributed by atoms with van der Waals surface area (Å²) in [6, 6.07) is 0. The van der Waals surface area contributed by atoms with Gasteiger partial charge in [-0.1, -0.05) is 6.92 Å². The summed E-state index contributed by atoms with van der Waals surface area (Å²) >= 11 is 0. The Morgan fingerprint density at radius 2 is 1.73 bits per heavy atom. The van der Waals surface area contributed by atoms with E-state index in [1.165, 1.54) is 12.2 Å². The van der Waals surface area contributed by atoms with E-state index < -0.39 is 0 Å². The molecule has 0 spiro atoms. The Morgan fingerprint density at radius 1 is 1.36 bits per heavy atom. The van der Waals surface area contributed by atoms with E-state index >= 15 is 0 Å². The van der Waals surface area contributed by atoms with Crippen LogP contribution >= 0.6 is 0 Å². The molecule has 62 valence electrons. The third-order valence-electron chi connectivity index (χ3n) is 0.921. The van der Waals surface area contributed by atoms with Gasteiger partial charge < -0.3 is 5.73 Å². The number of carbonyl (C=O) groups excluding carboxylic acids is 2. The molecule has 11 heavy (non-hydrogen) atoms. The van der Waals surface area contributed by atoms with Gasteiger partial charge in [0.1, 0.15) is 0 Å². The van der Waals surface area contributed by atoms with Crippen LogP contribution in [0.25, 0.3) is 0 Å². The van der Waals surface area contributed by atoms with Crippen molar-refractivity contribution >= 4 is 11.8 Å². The summed E-state index contributed by atoms with van der Waals surface area (Å²) in [6.07, 6.45) is 3.49. The molecule has 0 atom stereocenters. The van der Waals surface area contributed by atoms with E-state index in [1.54, 1.807) is 0 Å². The van der Waals surface area contributed by atoms with Crippen LogP contribution in [0.3, 0.4) is 0 Å². The fourth-order valence-corrected chi connectivity index (χ4v) is 0.356. The summed E-state index contributed by atoms with van der Waals surface area (Å²) < 4.78 is 0. The number of amides is 2. The maximum Gasteiger partial charge on any atom is 0.250 e. The number of imide groups is 1. The van der Waals surface area contributed by atoms with Gasteiger partial charge in [0.05, 0.1) is 0 Å². The SMILES string of the molecule is CCCN.O=C1C=CC(=O)N1. The Labute approximate surface area is 65.5 Å². The van der Waals surface area contributed by atoms with Gasteiger partial charge in [-0.25, -0.2) is 0 Å². The Kier molecular flexibility index (Phi) is 5.02. The number of rotatable bonds is 1. The zero-order chi connectivity index (χ0) is 8.69. The van der Waals surface area contributed by atoms with Gasteiger partial charge in [0, 0.05) is 12.2 Å². The second-order valence-electron chi connectivity index (χ2n) is 1.98. The largest absolute Gasteiger partial charge is 0.330 e. The van der Waals surface area contributed by atoms with Gasteiger partial charge in [-0.3, -0.25) is 14.9 Å². The maximum atomic E-state index is 10.0. The van der Waals surface area contributed by atoms with Crippen molar-refractivity contribution in [2.75, 3.05) is 6.54 Å². The molecule has 0 aromatic rings. The van der Waals surface area contributed by atoms with Crippen LogP contribution in [0, 0.1) is 0 Å². The van der Waals surface area contributed by atoms with Gasteiger partial charge in [-0.05, 0) is 13.0 Å². The summed E-state index contributed by atoms with van der Waals surface area (Å²) in [5, 5.41) is 2.03. The normalized spacial score (nSPS) is 14.0. The minimum absolute atomic E-state index is 0.329. The smallest absolute Gasteiger partial charge is 0.250 e. The Morgan fingerprint density at radius 3 is 1.82 bits per heavy atom. The molecule has 0 fully saturated rings. The van der Waals surface area contributed by atoms with Crippen LogP contribution < -0.4 is 11.1 Å². The first-order chi connectivity index (χ1) is 5.20. The maximum absolute atomic E-state index is 10.0. The van der Waals surface area contributed by atoms with Crippen molar-refractivity contribution in [1.29, 1.82) is 0 Å². The lowest BCUT2D eigenvalue weighted by Gasteiger charge is -1.80. The zero-order valence-electron chi connectivity index (χ0n) is 6.46. The van der Waals surface area contributed by atoms with E-state index in [-0.39, 0.29) is 11.8 Å². The van der Waals surface area contributed by atoms with Crippen LogP contribution in [-0.4, -0.2) is 18.4 Å². The first-order valence-electron chi connectivity index (χ1n) is 3.43. The van der Waals surface area contributed by atoms with Crippen LogP contribution in [-0.2, 0) is 9.59 Å². The molecule has 4 nitrogen and oxygen atoms in total. The highest BCUT2D eigenvalue weighted by atomic mass is 16.2. The van der Waals surface area contributed by atoms with Gasteiger partial charge in [-0.2, -0.15) is 0 Å². The molecule has 0 radical (unpaired) electrons. The van der Waals surface area contributed by atoms with Gasteiger partial charge in [0.25, 0.3) is 11.8 Å². The number of nitrogens with two attached hydrogens (primary N) is 1. The first kappa shape index (κ1) is 9.84. The molecular weight excluding hydrogens is 144 g/mol. The predicted molar refractivity (Wildman–Crippen MR) is 41.6 cm³/mol. The molecular formula is C7H12N2O2. The van der Waals surface area contributed by atoms with Crippen molar-refractivity contribution in [2.24, 2.45) is 5.73 Å². The predicted octanol–water partition coefficient (Wildman–Crippen LogP) is -0.446. The molecule has 0 aliphatic carbocycles. The summed E-state index contributed by atoms with van der Waals surface area (Å²) in [6.45, 7) is 2.88. The molecule has 0 aromatic heterocycles. The van der Waals surface area contributed by atoms with Gasteiger partial charge >= 0.3 is 0 Å². The lowest BCUT2D eigenvalue weighted by molar-refractivity contribution is -0.123. The third-order valence-corrected chi connectivity index (χ3v) is 0.921. The molecule has 1 heterocycles. The lowest BCUT2D eigenvalue weighted by atomic mass is 10.5. The van der Waals surface area contributed by atoms with Crippen molar-refractivity contribution in [2.45, 2.75) is 13.3 Å². The second kappa shape index (κ2) is 5.61. The van der Waals surface area contributed by atoms with Crippen LogP contribution in [0.1, 0.15) is 13.3 Å². The van der Waals surface area contributed by atoms with Crippen molar-refractivity contribution in [3.8, 4) is 0 Å². The topological polar surface area (TPSA) is 72.2 Å². The van der Waals surface area contributed by atoms with E-state index in [9.17, 15) is 9.59 Å². The summed E-state index contributed by atoms with van der Waals surface area (Å²) in [4.78, 5) is 20.1. The van der Waals surface area contributed by atoms with Crippen LogP contribution in [0.2, 0.25) is 0 Å².